The highest BCUT2D eigenvalue weighted by molar-refractivity contribution is 6.67. The van der Waals surface area contributed by atoms with Crippen LogP contribution in [0.2, 0.25) is 12.1 Å². The summed E-state index contributed by atoms with van der Waals surface area (Å²) in [6, 6.07) is 2.22. The van der Waals surface area contributed by atoms with Crippen LogP contribution in [-0.4, -0.2) is 95.4 Å². The molecular weight excluding hydrogens is 486 g/mol. The van der Waals surface area contributed by atoms with E-state index in [1.807, 2.05) is 0 Å². The Balaban J connectivity index is 6.00. The molecule has 0 aromatic carbocycles. The molecule has 0 radical (unpaired) electrons. The maximum atomic E-state index is 6.62. The van der Waals surface area contributed by atoms with E-state index >= 15 is 0 Å². The molecule has 0 amide bonds. The van der Waals surface area contributed by atoms with Crippen LogP contribution in [0.3, 0.4) is 0 Å². The lowest BCUT2D eigenvalue weighted by Gasteiger charge is -2.42. The van der Waals surface area contributed by atoms with Crippen molar-refractivity contribution >= 4 is 8.56 Å². The zero-order valence-electron chi connectivity index (χ0n) is 27.7. The normalized spacial score (nSPS) is 12.9. The highest BCUT2D eigenvalue weighted by Crippen LogP contribution is 2.44. The summed E-state index contributed by atoms with van der Waals surface area (Å²) in [6.07, 6.45) is 11.5. The van der Waals surface area contributed by atoms with Crippen molar-refractivity contribution in [1.29, 1.82) is 0 Å². The Hall–Kier alpha value is 0.0169. The fourth-order valence-corrected chi connectivity index (χ4v) is 10.1. The van der Waals surface area contributed by atoms with Crippen molar-refractivity contribution in [3.05, 3.63) is 0 Å². The number of nitrogens with zero attached hydrogens (tertiary/aromatic N) is 3. The van der Waals surface area contributed by atoms with Gasteiger partial charge in [-0.15, -0.1) is 0 Å². The van der Waals surface area contributed by atoms with Gasteiger partial charge in [-0.1, -0.05) is 48.5 Å². The van der Waals surface area contributed by atoms with Gasteiger partial charge in [0.05, 0.1) is 0 Å². The monoisotopic (exact) mass is 558 g/mol. The zero-order valence-corrected chi connectivity index (χ0v) is 28.7. The molecule has 0 aromatic rings. The number of hydrogen-bond donors (Lipinski definition) is 0. The lowest BCUT2D eigenvalue weighted by atomic mass is 9.76. The van der Waals surface area contributed by atoms with E-state index in [1.165, 1.54) is 97.1 Å². The van der Waals surface area contributed by atoms with Crippen LogP contribution in [0.15, 0.2) is 0 Å². The summed E-state index contributed by atoms with van der Waals surface area (Å²) >= 11 is 0. The predicted molar refractivity (Wildman–Crippen MR) is 172 cm³/mol. The molecule has 0 atom stereocenters. The molecule has 38 heavy (non-hydrogen) atoms. The largest absolute Gasteiger partial charge is 0.394 e. The smallest absolute Gasteiger partial charge is 0.338 e. The van der Waals surface area contributed by atoms with Gasteiger partial charge in [0, 0.05) is 13.2 Å². The quantitative estimate of drug-likeness (QED) is 0.0908. The van der Waals surface area contributed by atoms with E-state index < -0.39 is 8.56 Å². The van der Waals surface area contributed by atoms with Crippen LogP contribution in [0.1, 0.15) is 120 Å². The van der Waals surface area contributed by atoms with Crippen LogP contribution in [0.25, 0.3) is 0 Å². The Bertz CT molecular complexity index is 467. The molecule has 0 spiro atoms. The summed E-state index contributed by atoms with van der Waals surface area (Å²) in [5, 5.41) is 0. The summed E-state index contributed by atoms with van der Waals surface area (Å²) in [4.78, 5) is 7.96. The highest BCUT2D eigenvalue weighted by Gasteiger charge is 2.44. The molecule has 0 aliphatic rings. The second kappa shape index (κ2) is 23.7. The maximum Gasteiger partial charge on any atom is 0.338 e. The Labute approximate surface area is 241 Å². The van der Waals surface area contributed by atoms with Gasteiger partial charge in [0.2, 0.25) is 0 Å². The Morgan fingerprint density at radius 1 is 0.500 bits per heavy atom. The summed E-state index contributed by atoms with van der Waals surface area (Å²) in [7, 11) is -2.25. The van der Waals surface area contributed by atoms with E-state index in [4.69, 9.17) is 8.85 Å². The van der Waals surface area contributed by atoms with Crippen molar-refractivity contribution < 1.29 is 8.85 Å². The van der Waals surface area contributed by atoms with Gasteiger partial charge in [-0.3, -0.25) is 0 Å². The fraction of sp³-hybridized carbons (Fsp3) is 1.00. The molecule has 6 heteroatoms. The standard InChI is InChI=1S/C32H71N3O2Si/c1-10-25-33(13-4)28-19-22-32(23-20-29-34(14-5)26-11-2,24-21-30-35(15-6)27-12-3)31-38(18-9,36-16-7)37-17-8/h10-31H2,1-9H3. The summed E-state index contributed by atoms with van der Waals surface area (Å²) < 4.78 is 13.2. The van der Waals surface area contributed by atoms with Crippen LogP contribution >= 0.6 is 0 Å². The minimum absolute atomic E-state index is 0.315. The molecule has 0 saturated carbocycles. The molecule has 0 saturated heterocycles. The van der Waals surface area contributed by atoms with Crippen LogP contribution in [0.5, 0.6) is 0 Å². The van der Waals surface area contributed by atoms with Gasteiger partial charge in [0.15, 0.2) is 0 Å². The third-order valence-electron chi connectivity index (χ3n) is 8.50. The lowest BCUT2D eigenvalue weighted by molar-refractivity contribution is 0.133. The molecule has 0 heterocycles. The van der Waals surface area contributed by atoms with E-state index in [2.05, 4.69) is 77.0 Å². The van der Waals surface area contributed by atoms with Gasteiger partial charge >= 0.3 is 8.56 Å². The molecule has 0 rings (SSSR count). The predicted octanol–water partition coefficient (Wildman–Crippen LogP) is 8.04. The summed E-state index contributed by atoms with van der Waals surface area (Å²) in [5.41, 5.74) is 0.315. The van der Waals surface area contributed by atoms with Crippen molar-refractivity contribution in [3.63, 3.8) is 0 Å². The molecule has 5 nitrogen and oxygen atoms in total. The molecule has 0 aliphatic carbocycles. The first-order chi connectivity index (χ1) is 18.4. The van der Waals surface area contributed by atoms with Gasteiger partial charge in [-0.25, -0.2) is 0 Å². The molecular formula is C32H71N3O2Si. The average Bonchev–Trinajstić information content (AvgIpc) is 2.91. The van der Waals surface area contributed by atoms with Crippen molar-refractivity contribution in [1.82, 2.24) is 14.7 Å². The van der Waals surface area contributed by atoms with Crippen LogP contribution < -0.4 is 0 Å². The number of hydrogen-bond acceptors (Lipinski definition) is 5. The number of rotatable bonds is 28. The minimum Gasteiger partial charge on any atom is -0.394 e. The highest BCUT2D eigenvalue weighted by atomic mass is 28.4. The van der Waals surface area contributed by atoms with Gasteiger partial charge in [0.1, 0.15) is 0 Å². The van der Waals surface area contributed by atoms with Gasteiger partial charge in [-0.2, -0.15) is 0 Å². The van der Waals surface area contributed by atoms with Crippen LogP contribution in [-0.2, 0) is 8.85 Å². The minimum atomic E-state index is -2.25. The van der Waals surface area contributed by atoms with Crippen molar-refractivity contribution in [3.8, 4) is 0 Å². The SMILES string of the molecule is CCCN(CC)CCCC(CCCN(CC)CCC)(CCCN(CC)CCC)C[Si](CC)(OCC)OCC. The lowest BCUT2D eigenvalue weighted by Crippen LogP contribution is -2.47. The van der Waals surface area contributed by atoms with E-state index in [-0.39, 0.29) is 0 Å². The average molecular weight is 558 g/mol. The summed E-state index contributed by atoms with van der Waals surface area (Å²) in [5.74, 6) is 0. The Kier molecular flexibility index (Phi) is 23.7. The van der Waals surface area contributed by atoms with Gasteiger partial charge in [-0.05, 0) is 148 Å². The van der Waals surface area contributed by atoms with Crippen molar-refractivity contribution in [2.45, 2.75) is 132 Å². The van der Waals surface area contributed by atoms with Gasteiger partial charge < -0.3 is 23.6 Å². The zero-order chi connectivity index (χ0) is 28.7. The van der Waals surface area contributed by atoms with E-state index in [9.17, 15) is 0 Å². The second-order valence-electron chi connectivity index (χ2n) is 11.4. The fourth-order valence-electron chi connectivity index (χ4n) is 6.48. The maximum absolute atomic E-state index is 6.62. The first-order valence-electron chi connectivity index (χ1n) is 16.8. The first kappa shape index (κ1) is 38.0. The molecule has 0 aromatic heterocycles. The molecule has 0 fully saturated rings. The van der Waals surface area contributed by atoms with E-state index in [0.717, 1.165) is 44.9 Å². The van der Waals surface area contributed by atoms with Crippen LogP contribution in [0.4, 0.5) is 0 Å². The molecule has 0 N–H and O–H groups in total. The third kappa shape index (κ3) is 15.7. The Morgan fingerprint density at radius 3 is 1.08 bits per heavy atom. The molecule has 230 valence electrons. The van der Waals surface area contributed by atoms with E-state index in [1.54, 1.807) is 0 Å². The molecule has 0 unspecified atom stereocenters. The summed E-state index contributed by atoms with van der Waals surface area (Å²) in [6.45, 7) is 32.9. The topological polar surface area (TPSA) is 28.2 Å². The molecule has 0 aliphatic heterocycles. The van der Waals surface area contributed by atoms with E-state index in [0.29, 0.717) is 5.41 Å². The van der Waals surface area contributed by atoms with Crippen molar-refractivity contribution in [2.24, 2.45) is 5.41 Å². The third-order valence-corrected chi connectivity index (χ3v) is 12.5. The molecule has 0 bridgehead atoms. The van der Waals surface area contributed by atoms with Crippen molar-refractivity contribution in [2.75, 3.05) is 72.1 Å². The first-order valence-corrected chi connectivity index (χ1v) is 19.0. The van der Waals surface area contributed by atoms with Gasteiger partial charge in [0.25, 0.3) is 0 Å². The Morgan fingerprint density at radius 2 is 0.842 bits per heavy atom. The van der Waals surface area contributed by atoms with Crippen LogP contribution in [0, 0.1) is 5.41 Å². The second-order valence-corrected chi connectivity index (χ2v) is 14.9.